The molecule has 2 amide bonds. The lowest BCUT2D eigenvalue weighted by molar-refractivity contribution is -0.129. The number of fused-ring (bicyclic) bond motifs is 1. The van der Waals surface area contributed by atoms with E-state index in [-0.39, 0.29) is 24.2 Å². The lowest BCUT2D eigenvalue weighted by atomic mass is 10.1. The molecule has 6 heteroatoms. The van der Waals surface area contributed by atoms with Crippen LogP contribution in [0.4, 0.5) is 0 Å². The van der Waals surface area contributed by atoms with E-state index in [9.17, 15) is 9.59 Å². The quantitative estimate of drug-likeness (QED) is 0.645. The maximum absolute atomic E-state index is 12.5. The monoisotopic (exact) mass is 376 g/mol. The molecule has 1 saturated heterocycles. The third-order valence-electron chi connectivity index (χ3n) is 5.22. The summed E-state index contributed by atoms with van der Waals surface area (Å²) in [5, 5.41) is 4.22. The number of aromatic nitrogens is 2. The molecule has 1 aliphatic heterocycles. The molecule has 1 aliphatic rings. The molecule has 4 rings (SSSR count). The van der Waals surface area contributed by atoms with Gasteiger partial charge in [0.1, 0.15) is 0 Å². The van der Waals surface area contributed by atoms with Crippen LogP contribution in [0.15, 0.2) is 60.9 Å². The minimum atomic E-state index is -0.274. The Kier molecular flexibility index (Phi) is 5.37. The fourth-order valence-corrected chi connectivity index (χ4v) is 3.73. The first-order valence-corrected chi connectivity index (χ1v) is 9.70. The van der Waals surface area contributed by atoms with Gasteiger partial charge in [0.2, 0.25) is 11.8 Å². The molecule has 0 radical (unpaired) electrons. The summed E-state index contributed by atoms with van der Waals surface area (Å²) in [4.78, 5) is 30.6. The second-order valence-corrected chi connectivity index (χ2v) is 7.21. The van der Waals surface area contributed by atoms with Crippen molar-refractivity contribution in [3.05, 3.63) is 66.6 Å². The van der Waals surface area contributed by atoms with Crippen LogP contribution in [0.2, 0.25) is 0 Å². The molecule has 3 heterocycles. The largest absolute Gasteiger partial charge is 0.356 e. The Morgan fingerprint density at radius 3 is 2.86 bits per heavy atom. The van der Waals surface area contributed by atoms with Crippen LogP contribution >= 0.6 is 0 Å². The maximum Gasteiger partial charge on any atom is 0.225 e. The van der Waals surface area contributed by atoms with Gasteiger partial charge in [-0.15, -0.1) is 0 Å². The van der Waals surface area contributed by atoms with E-state index in [0.29, 0.717) is 19.6 Å². The summed E-state index contributed by atoms with van der Waals surface area (Å²) in [6, 6.07) is 16.0. The number of hydrogen-bond donors (Lipinski definition) is 1. The molecule has 1 unspecified atom stereocenters. The zero-order chi connectivity index (χ0) is 19.3. The van der Waals surface area contributed by atoms with Crippen LogP contribution in [-0.2, 0) is 22.7 Å². The van der Waals surface area contributed by atoms with E-state index in [1.54, 1.807) is 11.1 Å². The summed E-state index contributed by atoms with van der Waals surface area (Å²) in [7, 11) is 0. The molecule has 1 atom stereocenters. The summed E-state index contributed by atoms with van der Waals surface area (Å²) in [6.45, 7) is 2.38. The van der Waals surface area contributed by atoms with Crippen molar-refractivity contribution in [1.82, 2.24) is 19.8 Å². The second-order valence-electron chi connectivity index (χ2n) is 7.21. The van der Waals surface area contributed by atoms with Crippen molar-refractivity contribution in [1.29, 1.82) is 0 Å². The van der Waals surface area contributed by atoms with Crippen molar-refractivity contribution in [2.24, 2.45) is 5.92 Å². The van der Waals surface area contributed by atoms with E-state index in [4.69, 9.17) is 0 Å². The molecule has 1 aromatic carbocycles. The van der Waals surface area contributed by atoms with Gasteiger partial charge in [-0.3, -0.25) is 14.6 Å². The van der Waals surface area contributed by atoms with Gasteiger partial charge < -0.3 is 14.8 Å². The number of benzene rings is 1. The van der Waals surface area contributed by atoms with Crippen LogP contribution in [0, 0.1) is 5.92 Å². The molecular formula is C22H24N4O2. The molecule has 0 saturated carbocycles. The van der Waals surface area contributed by atoms with E-state index >= 15 is 0 Å². The average molecular weight is 376 g/mol. The fraction of sp³-hybridized carbons (Fsp3) is 0.318. The van der Waals surface area contributed by atoms with Crippen molar-refractivity contribution < 1.29 is 9.59 Å². The van der Waals surface area contributed by atoms with Crippen molar-refractivity contribution in [3.63, 3.8) is 0 Å². The molecule has 0 aliphatic carbocycles. The number of nitrogens with zero attached hydrogens (tertiary/aromatic N) is 3. The number of likely N-dealkylation sites (tertiary alicyclic amines) is 1. The Morgan fingerprint density at radius 1 is 1.14 bits per heavy atom. The molecule has 6 nitrogen and oxygen atoms in total. The van der Waals surface area contributed by atoms with E-state index in [1.807, 2.05) is 30.3 Å². The number of aryl methyl sites for hydroxylation is 1. The normalized spacial score (nSPS) is 16.6. The molecule has 1 fully saturated rings. The zero-order valence-corrected chi connectivity index (χ0v) is 15.8. The molecule has 1 N–H and O–H groups in total. The van der Waals surface area contributed by atoms with Crippen LogP contribution in [0.25, 0.3) is 10.9 Å². The molecular weight excluding hydrogens is 352 g/mol. The Labute approximate surface area is 164 Å². The standard InChI is InChI=1S/C22H24N4O2/c27-21-14-18(15-26(21)16-19-7-3-4-10-23-19)22(28)24-11-5-12-25-13-9-17-6-1-2-8-20(17)25/h1-4,6-10,13,18H,5,11-12,14-16H2,(H,24,28). The summed E-state index contributed by atoms with van der Waals surface area (Å²) in [6.07, 6.45) is 4.93. The molecule has 0 spiro atoms. The van der Waals surface area contributed by atoms with Crippen LogP contribution in [0.3, 0.4) is 0 Å². The van der Waals surface area contributed by atoms with Crippen molar-refractivity contribution in [2.45, 2.75) is 25.9 Å². The van der Waals surface area contributed by atoms with Gasteiger partial charge in [0.25, 0.3) is 0 Å². The van der Waals surface area contributed by atoms with Gasteiger partial charge >= 0.3 is 0 Å². The van der Waals surface area contributed by atoms with Gasteiger partial charge in [-0.1, -0.05) is 24.3 Å². The number of para-hydroxylation sites is 1. The van der Waals surface area contributed by atoms with Crippen LogP contribution in [-0.4, -0.2) is 39.4 Å². The summed E-state index contributed by atoms with van der Waals surface area (Å²) >= 11 is 0. The maximum atomic E-state index is 12.5. The molecule has 28 heavy (non-hydrogen) atoms. The SMILES string of the molecule is O=C(NCCCn1ccc2ccccc21)C1CC(=O)N(Cc2ccccn2)C1. The van der Waals surface area contributed by atoms with E-state index in [2.05, 4.69) is 39.3 Å². The zero-order valence-electron chi connectivity index (χ0n) is 15.8. The minimum Gasteiger partial charge on any atom is -0.356 e. The fourth-order valence-electron chi connectivity index (χ4n) is 3.73. The summed E-state index contributed by atoms with van der Waals surface area (Å²) < 4.78 is 2.20. The van der Waals surface area contributed by atoms with Gasteiger partial charge in [-0.2, -0.15) is 0 Å². The first-order valence-electron chi connectivity index (χ1n) is 9.70. The topological polar surface area (TPSA) is 67.2 Å². The highest BCUT2D eigenvalue weighted by Crippen LogP contribution is 2.20. The first kappa shape index (κ1) is 18.2. The van der Waals surface area contributed by atoms with Crippen LogP contribution < -0.4 is 5.32 Å². The summed E-state index contributed by atoms with van der Waals surface area (Å²) in [5.74, 6) is -0.289. The molecule has 0 bridgehead atoms. The van der Waals surface area contributed by atoms with E-state index in [1.165, 1.54) is 10.9 Å². The molecule has 3 aromatic rings. The van der Waals surface area contributed by atoms with Gasteiger partial charge in [0, 0.05) is 44.0 Å². The van der Waals surface area contributed by atoms with Crippen LogP contribution in [0.1, 0.15) is 18.5 Å². The Hall–Kier alpha value is -3.15. The predicted octanol–water partition coefficient (Wildman–Crippen LogP) is 2.59. The first-order chi connectivity index (χ1) is 13.7. The number of amides is 2. The minimum absolute atomic E-state index is 0.0182. The van der Waals surface area contributed by atoms with E-state index < -0.39 is 0 Å². The number of nitrogens with one attached hydrogen (secondary N) is 1. The van der Waals surface area contributed by atoms with Crippen molar-refractivity contribution in [2.75, 3.05) is 13.1 Å². The summed E-state index contributed by atoms with van der Waals surface area (Å²) in [5.41, 5.74) is 2.05. The second kappa shape index (κ2) is 8.25. The highest BCUT2D eigenvalue weighted by atomic mass is 16.2. The lowest BCUT2D eigenvalue weighted by Gasteiger charge is -2.16. The predicted molar refractivity (Wildman–Crippen MR) is 107 cm³/mol. The number of hydrogen-bond acceptors (Lipinski definition) is 3. The third-order valence-corrected chi connectivity index (χ3v) is 5.22. The number of carbonyl (C=O) groups is 2. The number of rotatable bonds is 7. The Morgan fingerprint density at radius 2 is 2.00 bits per heavy atom. The average Bonchev–Trinajstić information content (AvgIpc) is 3.30. The van der Waals surface area contributed by atoms with E-state index in [0.717, 1.165) is 18.7 Å². The van der Waals surface area contributed by atoms with Gasteiger partial charge in [0.15, 0.2) is 0 Å². The molecule has 2 aromatic heterocycles. The lowest BCUT2D eigenvalue weighted by Crippen LogP contribution is -2.33. The van der Waals surface area contributed by atoms with Crippen molar-refractivity contribution >= 4 is 22.7 Å². The third kappa shape index (κ3) is 4.06. The number of carbonyl (C=O) groups excluding carboxylic acids is 2. The van der Waals surface area contributed by atoms with Gasteiger partial charge in [-0.25, -0.2) is 0 Å². The Bertz CT molecular complexity index is 967. The smallest absolute Gasteiger partial charge is 0.225 e. The number of pyridine rings is 1. The van der Waals surface area contributed by atoms with Crippen molar-refractivity contribution in [3.8, 4) is 0 Å². The molecule has 144 valence electrons. The van der Waals surface area contributed by atoms with Crippen LogP contribution in [0.5, 0.6) is 0 Å². The highest BCUT2D eigenvalue weighted by Gasteiger charge is 2.34. The Balaban J connectivity index is 1.23. The van der Waals surface area contributed by atoms with Gasteiger partial charge in [-0.05, 0) is 36.1 Å². The van der Waals surface area contributed by atoms with Gasteiger partial charge in [0.05, 0.1) is 18.2 Å². The highest BCUT2D eigenvalue weighted by molar-refractivity contribution is 5.89.